The Labute approximate surface area is 188 Å². The van der Waals surface area contributed by atoms with E-state index in [0.717, 1.165) is 49.2 Å². The van der Waals surface area contributed by atoms with Gasteiger partial charge in [-0.05, 0) is 50.9 Å². The fraction of sp³-hybridized carbons (Fsp3) is 0.600. The molecule has 1 aromatic carbocycles. The minimum absolute atomic E-state index is 0.0789. The van der Waals surface area contributed by atoms with E-state index in [9.17, 15) is 9.59 Å². The molecule has 0 radical (unpaired) electrons. The highest BCUT2D eigenvalue weighted by Crippen LogP contribution is 2.29. The SMILES string of the molecule is C=C(CC)c1cccc(C(=O)OC)c1NCCCC(=O)NCCCCCCCCNC. The quantitative estimate of drug-likeness (QED) is 0.245. The first kappa shape index (κ1) is 26.7. The summed E-state index contributed by atoms with van der Waals surface area (Å²) in [6, 6.07) is 5.53. The molecule has 0 fully saturated rings. The zero-order valence-corrected chi connectivity index (χ0v) is 19.6. The number of rotatable bonds is 17. The number of benzene rings is 1. The monoisotopic (exact) mass is 431 g/mol. The Bertz CT molecular complexity index is 654. The summed E-state index contributed by atoms with van der Waals surface area (Å²) in [6.07, 6.45) is 9.13. The van der Waals surface area contributed by atoms with Gasteiger partial charge in [-0.1, -0.05) is 51.3 Å². The molecule has 6 nitrogen and oxygen atoms in total. The highest BCUT2D eigenvalue weighted by Gasteiger charge is 2.16. The number of para-hydroxylation sites is 1. The van der Waals surface area contributed by atoms with Crippen LogP contribution in [0.15, 0.2) is 24.8 Å². The van der Waals surface area contributed by atoms with Crippen LogP contribution < -0.4 is 16.0 Å². The number of anilines is 1. The van der Waals surface area contributed by atoms with Gasteiger partial charge >= 0.3 is 5.97 Å². The number of allylic oxidation sites excluding steroid dienone is 1. The minimum atomic E-state index is -0.381. The summed E-state index contributed by atoms with van der Waals surface area (Å²) in [5, 5.41) is 9.50. The summed E-state index contributed by atoms with van der Waals surface area (Å²) in [5.74, 6) is -0.303. The fourth-order valence-electron chi connectivity index (χ4n) is 3.42. The molecule has 0 atom stereocenters. The smallest absolute Gasteiger partial charge is 0.339 e. The molecule has 0 saturated carbocycles. The zero-order valence-electron chi connectivity index (χ0n) is 19.6. The van der Waals surface area contributed by atoms with Crippen LogP contribution in [0.25, 0.3) is 5.57 Å². The standard InChI is InChI=1S/C25H41N3O3/c1-5-20(2)21-14-12-15-22(25(30)31-4)24(21)28-19-13-16-23(29)27-18-11-9-7-6-8-10-17-26-3/h12,14-15,26,28H,2,5-11,13,16-19H2,1,3-4H3,(H,27,29). The van der Waals surface area contributed by atoms with Crippen LogP contribution >= 0.6 is 0 Å². The highest BCUT2D eigenvalue weighted by molar-refractivity contribution is 5.98. The maximum atomic E-state index is 12.1. The zero-order chi connectivity index (χ0) is 22.9. The Morgan fingerprint density at radius 3 is 2.23 bits per heavy atom. The number of methoxy groups -OCH3 is 1. The molecule has 0 aliphatic rings. The van der Waals surface area contributed by atoms with Gasteiger partial charge in [0, 0.05) is 25.1 Å². The van der Waals surface area contributed by atoms with Gasteiger partial charge in [-0.15, -0.1) is 0 Å². The predicted octanol–water partition coefficient (Wildman–Crippen LogP) is 4.76. The van der Waals surface area contributed by atoms with Crippen LogP contribution in [0, 0.1) is 0 Å². The lowest BCUT2D eigenvalue weighted by Gasteiger charge is -2.16. The van der Waals surface area contributed by atoms with Crippen molar-refractivity contribution in [3.63, 3.8) is 0 Å². The Hall–Kier alpha value is -2.34. The van der Waals surface area contributed by atoms with Crippen molar-refractivity contribution < 1.29 is 14.3 Å². The summed E-state index contributed by atoms with van der Waals surface area (Å²) in [6.45, 7) is 8.56. The van der Waals surface area contributed by atoms with Gasteiger partial charge in [0.15, 0.2) is 0 Å². The van der Waals surface area contributed by atoms with Gasteiger partial charge in [0.1, 0.15) is 0 Å². The van der Waals surface area contributed by atoms with Crippen molar-refractivity contribution in [1.82, 2.24) is 10.6 Å². The molecule has 0 saturated heterocycles. The lowest BCUT2D eigenvalue weighted by atomic mass is 9.99. The Kier molecular flexibility index (Phi) is 14.1. The maximum absolute atomic E-state index is 12.1. The molecule has 31 heavy (non-hydrogen) atoms. The first-order valence-corrected chi connectivity index (χ1v) is 11.6. The van der Waals surface area contributed by atoms with Crippen molar-refractivity contribution in [3.05, 3.63) is 35.9 Å². The van der Waals surface area contributed by atoms with E-state index in [4.69, 9.17) is 4.74 Å². The number of amides is 1. The van der Waals surface area contributed by atoms with Gasteiger partial charge in [-0.25, -0.2) is 4.79 Å². The van der Waals surface area contributed by atoms with Crippen molar-refractivity contribution in [2.75, 3.05) is 39.1 Å². The molecule has 3 N–H and O–H groups in total. The molecule has 1 aromatic rings. The predicted molar refractivity (Wildman–Crippen MR) is 129 cm³/mol. The second kappa shape index (κ2) is 16.4. The molecule has 0 bridgehead atoms. The number of carbonyl (C=O) groups is 2. The van der Waals surface area contributed by atoms with Gasteiger partial charge in [0.25, 0.3) is 0 Å². The number of unbranched alkanes of at least 4 members (excludes halogenated alkanes) is 5. The molecule has 0 heterocycles. The summed E-state index contributed by atoms with van der Waals surface area (Å²) in [4.78, 5) is 24.2. The second-order valence-corrected chi connectivity index (χ2v) is 7.78. The summed E-state index contributed by atoms with van der Waals surface area (Å²) in [5.41, 5.74) is 3.09. The third kappa shape index (κ3) is 10.5. The minimum Gasteiger partial charge on any atom is -0.465 e. The first-order valence-electron chi connectivity index (χ1n) is 11.6. The van der Waals surface area contributed by atoms with Crippen LogP contribution in [0.2, 0.25) is 0 Å². The van der Waals surface area contributed by atoms with E-state index >= 15 is 0 Å². The summed E-state index contributed by atoms with van der Waals surface area (Å²) >= 11 is 0. The third-order valence-electron chi connectivity index (χ3n) is 5.34. The van der Waals surface area contributed by atoms with Crippen LogP contribution in [-0.2, 0) is 9.53 Å². The van der Waals surface area contributed by atoms with Gasteiger partial charge in [-0.2, -0.15) is 0 Å². The molecule has 0 aliphatic carbocycles. The number of nitrogens with one attached hydrogen (secondary N) is 3. The number of carbonyl (C=O) groups excluding carboxylic acids is 2. The summed E-state index contributed by atoms with van der Waals surface area (Å²) < 4.78 is 4.91. The van der Waals surface area contributed by atoms with Gasteiger partial charge in [0.2, 0.25) is 5.91 Å². The molecule has 0 unspecified atom stereocenters. The largest absolute Gasteiger partial charge is 0.465 e. The Balaban J connectivity index is 2.33. The van der Waals surface area contributed by atoms with E-state index in [1.54, 1.807) is 6.07 Å². The van der Waals surface area contributed by atoms with Crippen LogP contribution in [0.5, 0.6) is 0 Å². The molecule has 0 aliphatic heterocycles. The molecule has 1 amide bonds. The molecule has 0 spiro atoms. The summed E-state index contributed by atoms with van der Waals surface area (Å²) in [7, 11) is 3.36. The Morgan fingerprint density at radius 2 is 1.58 bits per heavy atom. The van der Waals surface area contributed by atoms with Gasteiger partial charge in [0.05, 0.1) is 18.4 Å². The topological polar surface area (TPSA) is 79.5 Å². The second-order valence-electron chi connectivity index (χ2n) is 7.78. The van der Waals surface area contributed by atoms with E-state index in [1.807, 2.05) is 26.1 Å². The number of ether oxygens (including phenoxy) is 1. The van der Waals surface area contributed by atoms with E-state index in [1.165, 1.54) is 32.8 Å². The fourth-order valence-corrected chi connectivity index (χ4v) is 3.42. The normalized spacial score (nSPS) is 10.5. The van der Waals surface area contributed by atoms with Crippen LogP contribution in [-0.4, -0.2) is 45.7 Å². The van der Waals surface area contributed by atoms with Crippen molar-refractivity contribution in [2.24, 2.45) is 0 Å². The molecule has 6 heteroatoms. The first-order chi connectivity index (χ1) is 15.0. The third-order valence-corrected chi connectivity index (χ3v) is 5.34. The van der Waals surface area contributed by atoms with Gasteiger partial charge in [-0.3, -0.25) is 4.79 Å². The van der Waals surface area contributed by atoms with Crippen molar-refractivity contribution >= 4 is 23.1 Å². The van der Waals surface area contributed by atoms with Crippen molar-refractivity contribution in [1.29, 1.82) is 0 Å². The average Bonchev–Trinajstić information content (AvgIpc) is 2.79. The molecule has 0 aromatic heterocycles. The molecular formula is C25H41N3O3. The van der Waals surface area contributed by atoms with E-state index in [2.05, 4.69) is 22.5 Å². The number of hydrogen-bond acceptors (Lipinski definition) is 5. The van der Waals surface area contributed by atoms with Crippen molar-refractivity contribution in [3.8, 4) is 0 Å². The van der Waals surface area contributed by atoms with E-state index in [-0.39, 0.29) is 11.9 Å². The highest BCUT2D eigenvalue weighted by atomic mass is 16.5. The number of esters is 1. The lowest BCUT2D eigenvalue weighted by molar-refractivity contribution is -0.121. The molecule has 174 valence electrons. The van der Waals surface area contributed by atoms with Gasteiger partial charge < -0.3 is 20.7 Å². The molecule has 1 rings (SSSR count). The average molecular weight is 432 g/mol. The number of hydrogen-bond donors (Lipinski definition) is 3. The van der Waals surface area contributed by atoms with Crippen LogP contribution in [0.3, 0.4) is 0 Å². The Morgan fingerprint density at radius 1 is 0.935 bits per heavy atom. The molecular weight excluding hydrogens is 390 g/mol. The van der Waals surface area contributed by atoms with Crippen molar-refractivity contribution in [2.45, 2.75) is 64.7 Å². The van der Waals surface area contributed by atoms with E-state index < -0.39 is 0 Å². The lowest BCUT2D eigenvalue weighted by Crippen LogP contribution is -2.24. The van der Waals surface area contributed by atoms with Crippen LogP contribution in [0.1, 0.15) is 80.6 Å². The van der Waals surface area contributed by atoms with Crippen LogP contribution in [0.4, 0.5) is 5.69 Å². The van der Waals surface area contributed by atoms with E-state index in [0.29, 0.717) is 24.9 Å². The maximum Gasteiger partial charge on any atom is 0.339 e.